The van der Waals surface area contributed by atoms with E-state index in [1.165, 1.54) is 4.90 Å². The smallest absolute Gasteiger partial charge is 0.375 e. The monoisotopic (exact) mass is 468 g/mol. The maximum Gasteiger partial charge on any atom is 0.391 e. The zero-order chi connectivity index (χ0) is 24.2. The van der Waals surface area contributed by atoms with Crippen molar-refractivity contribution in [3.8, 4) is 0 Å². The molecule has 1 aromatic rings. The second-order valence-electron chi connectivity index (χ2n) is 8.53. The number of hydrogen-bond donors (Lipinski definition) is 4. The minimum Gasteiger partial charge on any atom is -0.375 e. The Bertz CT molecular complexity index is 921. The van der Waals surface area contributed by atoms with E-state index in [1.807, 2.05) is 0 Å². The number of para-hydroxylation sites is 1. The number of nitrogens with two attached hydrogens (primary N) is 2. The SMILES string of the molecule is NC(=O)C(=[NH2+])c1ccccc1NCC(=O)N1CCC[C@H]1C(=O)NC1CCC[C@H](C(F)(F)F)C1. The van der Waals surface area contributed by atoms with E-state index >= 15 is 0 Å². The van der Waals surface area contributed by atoms with Gasteiger partial charge in [0.2, 0.25) is 11.8 Å². The van der Waals surface area contributed by atoms with Crippen LogP contribution >= 0.6 is 0 Å². The lowest BCUT2D eigenvalue weighted by molar-refractivity contribution is -0.184. The number of nitrogens with zero attached hydrogens (tertiary/aromatic N) is 1. The van der Waals surface area contributed by atoms with Crippen LogP contribution in [0.2, 0.25) is 0 Å². The summed E-state index contributed by atoms with van der Waals surface area (Å²) < 4.78 is 39.2. The molecule has 2 aliphatic rings. The van der Waals surface area contributed by atoms with Gasteiger partial charge in [0.05, 0.1) is 18.0 Å². The number of rotatable bonds is 7. The Morgan fingerprint density at radius 3 is 2.55 bits per heavy atom. The van der Waals surface area contributed by atoms with Gasteiger partial charge in [-0.25, -0.2) is 5.41 Å². The lowest BCUT2D eigenvalue weighted by Crippen LogP contribution is -2.51. The minimum atomic E-state index is -4.27. The summed E-state index contributed by atoms with van der Waals surface area (Å²) in [6, 6.07) is 5.35. The first kappa shape index (κ1) is 24.5. The van der Waals surface area contributed by atoms with E-state index < -0.39 is 36.0 Å². The number of halogens is 3. The molecule has 2 fully saturated rings. The Labute approximate surface area is 189 Å². The average molecular weight is 469 g/mol. The van der Waals surface area contributed by atoms with Gasteiger partial charge in [-0.2, -0.15) is 13.2 Å². The van der Waals surface area contributed by atoms with Crippen molar-refractivity contribution in [3.05, 3.63) is 29.8 Å². The summed E-state index contributed by atoms with van der Waals surface area (Å²) in [6.07, 6.45) is -2.35. The minimum absolute atomic E-state index is 0.0781. The van der Waals surface area contributed by atoms with Crippen LogP contribution in [0.15, 0.2) is 24.3 Å². The van der Waals surface area contributed by atoms with Crippen molar-refractivity contribution in [2.45, 2.75) is 56.8 Å². The normalized spacial score (nSPS) is 23.1. The van der Waals surface area contributed by atoms with Crippen molar-refractivity contribution in [1.82, 2.24) is 10.2 Å². The van der Waals surface area contributed by atoms with E-state index in [9.17, 15) is 27.6 Å². The Kier molecular flexibility index (Phi) is 7.60. The van der Waals surface area contributed by atoms with Crippen molar-refractivity contribution < 1.29 is 33.0 Å². The predicted octanol–water partition coefficient (Wildman–Crippen LogP) is 0.360. The largest absolute Gasteiger partial charge is 0.391 e. The van der Waals surface area contributed by atoms with Crippen LogP contribution in [0.1, 0.15) is 44.1 Å². The van der Waals surface area contributed by atoms with Crippen LogP contribution < -0.4 is 21.8 Å². The fourth-order valence-electron chi connectivity index (χ4n) is 4.53. The van der Waals surface area contributed by atoms with Crippen molar-refractivity contribution >= 4 is 29.1 Å². The Hall–Kier alpha value is -3.11. The quantitative estimate of drug-likeness (QED) is 0.431. The molecule has 1 aliphatic carbocycles. The standard InChI is InChI=1S/C22H28F3N5O3/c23-22(24,25)13-5-3-6-14(11-13)29-21(33)17-9-4-10-30(17)18(31)12-28-16-8-2-1-7-15(16)19(26)20(27)32/h1-2,7-8,13-14,17,26,28H,3-6,9-12H2,(H2,27,32)(H,29,33)/p+1/t13-,14?,17-/m0/s1. The molecule has 11 heteroatoms. The van der Waals surface area contributed by atoms with Crippen LogP contribution in [0.4, 0.5) is 18.9 Å². The summed E-state index contributed by atoms with van der Waals surface area (Å²) in [5, 5.41) is 11.4. The lowest BCUT2D eigenvalue weighted by atomic mass is 9.85. The number of benzene rings is 1. The molecule has 0 bridgehead atoms. The van der Waals surface area contributed by atoms with E-state index in [2.05, 4.69) is 10.6 Å². The Morgan fingerprint density at radius 1 is 1.12 bits per heavy atom. The van der Waals surface area contributed by atoms with E-state index in [0.29, 0.717) is 43.5 Å². The van der Waals surface area contributed by atoms with Gasteiger partial charge >= 0.3 is 12.1 Å². The Morgan fingerprint density at radius 2 is 1.85 bits per heavy atom. The van der Waals surface area contributed by atoms with Crippen LogP contribution in [0.5, 0.6) is 0 Å². The van der Waals surface area contributed by atoms with Crippen molar-refractivity contribution in [1.29, 1.82) is 0 Å². The number of amides is 3. The first-order valence-corrected chi connectivity index (χ1v) is 11.0. The zero-order valence-electron chi connectivity index (χ0n) is 18.2. The molecule has 1 aromatic carbocycles. The molecule has 1 unspecified atom stereocenters. The van der Waals surface area contributed by atoms with Gasteiger partial charge in [-0.15, -0.1) is 0 Å². The molecule has 3 rings (SSSR count). The number of nitrogens with one attached hydrogen (secondary N) is 2. The summed E-state index contributed by atoms with van der Waals surface area (Å²) in [7, 11) is 0. The molecule has 1 aliphatic heterocycles. The first-order valence-electron chi connectivity index (χ1n) is 11.0. The summed E-state index contributed by atoms with van der Waals surface area (Å²) in [5.74, 6) is -2.95. The molecule has 33 heavy (non-hydrogen) atoms. The molecular formula is C22H29F3N5O3+. The van der Waals surface area contributed by atoms with Gasteiger partial charge in [-0.05, 0) is 44.2 Å². The molecule has 1 saturated carbocycles. The van der Waals surface area contributed by atoms with Gasteiger partial charge in [0.1, 0.15) is 6.04 Å². The van der Waals surface area contributed by atoms with Crippen molar-refractivity contribution in [3.63, 3.8) is 0 Å². The van der Waals surface area contributed by atoms with Gasteiger partial charge < -0.3 is 21.3 Å². The number of likely N-dealkylation sites (tertiary alicyclic amines) is 1. The van der Waals surface area contributed by atoms with Gasteiger partial charge in [0.25, 0.3) is 5.71 Å². The molecule has 8 nitrogen and oxygen atoms in total. The Balaban J connectivity index is 1.59. The number of alkyl halides is 3. The number of primary amides is 1. The third-order valence-corrected chi connectivity index (χ3v) is 6.27. The van der Waals surface area contributed by atoms with Gasteiger partial charge in [-0.3, -0.25) is 14.4 Å². The molecule has 0 radical (unpaired) electrons. The zero-order valence-corrected chi connectivity index (χ0v) is 18.2. The van der Waals surface area contributed by atoms with E-state index in [4.69, 9.17) is 11.1 Å². The van der Waals surface area contributed by atoms with Crippen LogP contribution in [-0.4, -0.2) is 59.7 Å². The highest BCUT2D eigenvalue weighted by atomic mass is 19.4. The number of carbonyl (C=O) groups is 3. The summed E-state index contributed by atoms with van der Waals surface area (Å²) >= 11 is 0. The third-order valence-electron chi connectivity index (χ3n) is 6.27. The maximum absolute atomic E-state index is 13.1. The van der Waals surface area contributed by atoms with Gasteiger partial charge in [0, 0.05) is 18.3 Å². The molecular weight excluding hydrogens is 439 g/mol. The fourth-order valence-corrected chi connectivity index (χ4v) is 4.53. The van der Waals surface area contributed by atoms with Crippen molar-refractivity contribution in [2.75, 3.05) is 18.4 Å². The second-order valence-corrected chi connectivity index (χ2v) is 8.53. The average Bonchev–Trinajstić information content (AvgIpc) is 3.27. The fraction of sp³-hybridized carbons (Fsp3) is 0.545. The highest BCUT2D eigenvalue weighted by Crippen LogP contribution is 2.37. The van der Waals surface area contributed by atoms with Crippen LogP contribution in [-0.2, 0) is 14.4 Å². The molecule has 3 atom stereocenters. The number of anilines is 1. The first-order chi connectivity index (χ1) is 15.6. The topological polar surface area (TPSA) is 130 Å². The highest BCUT2D eigenvalue weighted by molar-refractivity contribution is 6.43. The maximum atomic E-state index is 13.1. The third kappa shape index (κ3) is 6.02. The number of carbonyl (C=O) groups excluding carboxylic acids is 3. The lowest BCUT2D eigenvalue weighted by Gasteiger charge is -2.32. The second kappa shape index (κ2) is 10.2. The highest BCUT2D eigenvalue weighted by Gasteiger charge is 2.43. The molecule has 1 heterocycles. The van der Waals surface area contributed by atoms with E-state index in [1.54, 1.807) is 24.3 Å². The molecule has 180 valence electrons. The molecule has 0 aromatic heterocycles. The molecule has 6 N–H and O–H groups in total. The van der Waals surface area contributed by atoms with E-state index in [0.717, 1.165) is 0 Å². The van der Waals surface area contributed by atoms with Crippen LogP contribution in [0, 0.1) is 5.92 Å². The van der Waals surface area contributed by atoms with Gasteiger partial charge in [0.15, 0.2) is 0 Å². The van der Waals surface area contributed by atoms with E-state index in [-0.39, 0.29) is 31.0 Å². The molecule has 1 saturated heterocycles. The predicted molar refractivity (Wildman–Crippen MR) is 115 cm³/mol. The molecule has 3 amide bonds. The van der Waals surface area contributed by atoms with Gasteiger partial charge in [-0.1, -0.05) is 18.6 Å². The summed E-state index contributed by atoms with van der Waals surface area (Å²) in [5.41, 5.74) is 5.91. The van der Waals surface area contributed by atoms with Crippen LogP contribution in [0.3, 0.4) is 0 Å². The van der Waals surface area contributed by atoms with Crippen LogP contribution in [0.25, 0.3) is 0 Å². The number of hydrogen-bond acceptors (Lipinski definition) is 4. The molecule has 0 spiro atoms. The summed E-state index contributed by atoms with van der Waals surface area (Å²) in [4.78, 5) is 38.5. The summed E-state index contributed by atoms with van der Waals surface area (Å²) in [6.45, 7) is 0.234. The van der Waals surface area contributed by atoms with Crippen molar-refractivity contribution in [2.24, 2.45) is 11.7 Å².